The minimum atomic E-state index is -2.59. The van der Waals surface area contributed by atoms with Gasteiger partial charge >= 0.3 is 42.6 Å². The summed E-state index contributed by atoms with van der Waals surface area (Å²) in [5.41, 5.74) is 14.7. The highest BCUT2D eigenvalue weighted by Crippen LogP contribution is 2.68. The Morgan fingerprint density at radius 3 is 2.11 bits per heavy atom. The van der Waals surface area contributed by atoms with Crippen molar-refractivity contribution in [1.29, 1.82) is 0 Å². The number of aliphatic hydroxyl groups excluding tert-OH is 1. The van der Waals surface area contributed by atoms with Gasteiger partial charge in [0.2, 0.25) is 17.8 Å². The van der Waals surface area contributed by atoms with Gasteiger partial charge in [-0.3, -0.25) is 68.2 Å². The summed E-state index contributed by atoms with van der Waals surface area (Å²) in [6.07, 6.45) is 6.99. The van der Waals surface area contributed by atoms with Crippen LogP contribution in [0.3, 0.4) is 0 Å². The van der Waals surface area contributed by atoms with Crippen molar-refractivity contribution in [3.8, 4) is 5.75 Å². The molecule has 1 spiro atoms. The maximum absolute atomic E-state index is 15.5. The lowest BCUT2D eigenvalue weighted by atomic mass is 9.47. The normalized spacial score (nSPS) is 22.6. The number of ether oxygens (including phenoxy) is 3. The SMILES string of the molecule is CC[C@]1(O)C[C@H]2CN(CCc3c([nH]c4ccccc34)[C@@](C(=O)OC)(c3cc4c(cc3OC)N(C)[C@H]3[C@@](O)(C(=O)NNC(=O)OCCSSCCCC(=O)[C@H](CN)NC(=O)[C@H](CC(=O)O)CC(=O)C(C)C)[C@H](O)[C@]5(CC)C=CCN6CC[C@]43[C@@H]65)C2)C1.CNC(=O)[C@H](C)CC(=O)CCCNC(=O)c1ccc(NCc2cnc3nc(N)[nH]c(=O)c3n2)cc1.O=C=O.O=C=O.O=C=O.O=C=O. The quantitative estimate of drug-likeness (QED) is 0.00906. The third kappa shape index (κ3) is 24.6. The number of nitrogens with zero attached hydrogens (tertiary/aromatic N) is 6. The summed E-state index contributed by atoms with van der Waals surface area (Å²) >= 11 is 0. The van der Waals surface area contributed by atoms with Crippen LogP contribution in [-0.4, -0.2) is 266 Å². The van der Waals surface area contributed by atoms with Gasteiger partial charge in [-0.25, -0.2) is 20.2 Å². The first-order valence-electron chi connectivity index (χ1n) is 42.5. The van der Waals surface area contributed by atoms with Crippen LogP contribution in [0.5, 0.6) is 5.75 Å². The monoisotopic (exact) mass is 1870 g/mol. The van der Waals surface area contributed by atoms with Gasteiger partial charge in [0.15, 0.2) is 22.5 Å². The second-order valence-corrected chi connectivity index (χ2v) is 35.5. The molecule has 2 bridgehead atoms. The lowest BCUT2D eigenvalue weighted by molar-refractivity contribution is -0.204. The topological polar surface area (TPSA) is 637 Å². The van der Waals surface area contributed by atoms with E-state index in [1.807, 2.05) is 61.2 Å². The summed E-state index contributed by atoms with van der Waals surface area (Å²) in [4.78, 5) is 231. The molecule has 5 amide bonds. The van der Waals surface area contributed by atoms with Gasteiger partial charge in [-0.05, 0) is 111 Å². The maximum atomic E-state index is 15.5. The molecule has 712 valence electrons. The van der Waals surface area contributed by atoms with Crippen molar-refractivity contribution in [2.24, 2.45) is 34.8 Å². The Balaban J connectivity index is 0.000000418. The second kappa shape index (κ2) is 49.1. The van der Waals surface area contributed by atoms with Crippen LogP contribution in [-0.2, 0) is 110 Å². The molecular weight excluding hydrogens is 1760 g/mol. The summed E-state index contributed by atoms with van der Waals surface area (Å²) in [7, 11) is 9.07. The molecule has 132 heavy (non-hydrogen) atoms. The number of carbonyl (C=O) groups is 10. The van der Waals surface area contributed by atoms with E-state index in [0.29, 0.717) is 143 Å². The molecule has 1 aliphatic carbocycles. The number of nitrogens with two attached hydrogens (primary N) is 2. The molecule has 8 heterocycles. The highest BCUT2D eigenvalue weighted by atomic mass is 33.1. The Morgan fingerprint density at radius 2 is 1.47 bits per heavy atom. The first-order chi connectivity index (χ1) is 62.9. The van der Waals surface area contributed by atoms with E-state index >= 15 is 9.59 Å². The van der Waals surface area contributed by atoms with E-state index in [-0.39, 0.29) is 127 Å². The lowest BCUT2D eigenvalue weighted by Crippen LogP contribution is -2.82. The number of rotatable bonds is 34. The second-order valence-electron chi connectivity index (χ2n) is 32.8. The average molecular weight is 1870 g/mol. The third-order valence-electron chi connectivity index (χ3n) is 24.7. The maximum Gasteiger partial charge on any atom is 0.426 e. The Morgan fingerprint density at radius 1 is 0.788 bits per heavy atom. The number of benzene rings is 3. The Hall–Kier alpha value is -12.6. The first kappa shape index (κ1) is 106. The number of fused-ring (bicyclic) bond motifs is 7. The fraction of sp³-hybridized carbons (Fsp3) is 0.523. The number of anilines is 3. The van der Waals surface area contributed by atoms with Crippen LogP contribution in [0, 0.1) is 29.1 Å². The number of H-pyrrole nitrogens is 2. The number of ketones is 3. The molecule has 6 aromatic rings. The first-order valence-corrected chi connectivity index (χ1v) is 45.0. The van der Waals surface area contributed by atoms with Gasteiger partial charge in [0, 0.05) is 164 Å². The Bertz CT molecular complexity index is 5320. The Kier molecular flexibility index (Phi) is 39.6. The van der Waals surface area contributed by atoms with Gasteiger partial charge in [-0.1, -0.05) is 86.6 Å². The summed E-state index contributed by atoms with van der Waals surface area (Å²) in [5.74, 6) is -5.39. The van der Waals surface area contributed by atoms with E-state index < -0.39 is 99.4 Å². The van der Waals surface area contributed by atoms with E-state index in [1.165, 1.54) is 34.9 Å². The molecule has 1 saturated carbocycles. The zero-order valence-corrected chi connectivity index (χ0v) is 76.2. The van der Waals surface area contributed by atoms with Crippen molar-refractivity contribution >= 4 is 145 Å². The van der Waals surface area contributed by atoms with Crippen molar-refractivity contribution in [2.75, 3.05) is 108 Å². The number of carbonyl (C=O) groups excluding carboxylic acids is 17. The van der Waals surface area contributed by atoms with Gasteiger partial charge in [0.25, 0.3) is 17.4 Å². The molecule has 2 saturated heterocycles. The van der Waals surface area contributed by atoms with Crippen molar-refractivity contribution < 1.29 is 121 Å². The number of carboxylic acid groups (broad SMARTS) is 1. The van der Waals surface area contributed by atoms with Gasteiger partial charge in [-0.15, -0.1) is 0 Å². The molecule has 6 aliphatic rings. The van der Waals surface area contributed by atoms with Crippen LogP contribution in [0.15, 0.2) is 83.8 Å². The van der Waals surface area contributed by atoms with Crippen LogP contribution >= 0.6 is 21.6 Å². The molecule has 3 aromatic heterocycles. The largest absolute Gasteiger partial charge is 0.496 e. The number of amides is 5. The molecule has 44 heteroatoms. The molecule has 16 N–H and O–H groups in total. The number of likely N-dealkylation sites (N-methyl/N-ethyl adjacent to an activating group) is 1. The van der Waals surface area contributed by atoms with E-state index in [4.69, 9.17) is 64.0 Å². The fourth-order valence-electron chi connectivity index (χ4n) is 18.9. The summed E-state index contributed by atoms with van der Waals surface area (Å²) in [6, 6.07) is 16.2. The van der Waals surface area contributed by atoms with Crippen LogP contribution in [0.1, 0.15) is 150 Å². The predicted molar refractivity (Wildman–Crippen MR) is 472 cm³/mol. The molecule has 12 rings (SSSR count). The smallest absolute Gasteiger partial charge is 0.426 e. The summed E-state index contributed by atoms with van der Waals surface area (Å²) < 4.78 is 17.8. The number of aliphatic carboxylic acids is 1. The number of esters is 1. The van der Waals surface area contributed by atoms with Crippen LogP contribution in [0.2, 0.25) is 0 Å². The van der Waals surface area contributed by atoms with Crippen LogP contribution in [0.4, 0.5) is 22.1 Å². The summed E-state index contributed by atoms with van der Waals surface area (Å²) in [6.45, 7) is 12.3. The van der Waals surface area contributed by atoms with Gasteiger partial charge in [-0.2, -0.15) is 43.3 Å². The minimum absolute atomic E-state index is 0.00752. The average Bonchev–Trinajstić information content (AvgIpc) is 1.48. The number of hydrogen-bond acceptors (Lipinski definition) is 36. The number of nitrogen functional groups attached to an aromatic ring is 1. The number of aromatic nitrogens is 5. The van der Waals surface area contributed by atoms with Gasteiger partial charge in [0.1, 0.15) is 35.4 Å². The van der Waals surface area contributed by atoms with Gasteiger partial charge in [0.05, 0.1) is 62.7 Å². The molecule has 13 atom stereocenters. The zero-order valence-electron chi connectivity index (χ0n) is 74.5. The molecule has 5 aliphatic heterocycles. The van der Waals surface area contributed by atoms with Crippen LogP contribution < -0.4 is 58.8 Å². The molecule has 3 fully saturated rings. The number of piperidine rings is 1. The zero-order chi connectivity index (χ0) is 97.6. The molecule has 42 nitrogen and oxygen atoms in total. The number of hydrogen-bond donors (Lipinski definition) is 14. The van der Waals surface area contributed by atoms with Crippen LogP contribution in [0.25, 0.3) is 22.1 Å². The predicted octanol–water partition coefficient (Wildman–Crippen LogP) is 2.31. The highest BCUT2D eigenvalue weighted by Gasteiger charge is 2.79. The molecular formula is C88H112N16O26S2. The number of nitrogens with one attached hydrogen (secondary N) is 8. The standard InChI is InChI=1S/C61H84N8O14S2.C23H28N8O4.4CO2/c1-8-57(79)30-36-31-60(55(77)82-7,49-39(17-21-68(33-36)34-57)38-14-10-11-15-42(38)63-49)41-28-40-44(29-47(41)81-6)67(5)52-59(40)19-22-69-20-13-18-58(9-2,51(59)69)53(75)61(52,80)54(76)65-66-56(78)83-23-25-85-84-24-12-16-45(70)43(32-62)64-50(74)37(27-48(72)73)26-46(71)35(3)4;1-13(20(33)25-2)10-17(32)4-3-9-26-21(34)14-5-7-15(8-6-14)27-11-16-12-28-19-18(29-16)22(35)31-23(24)30-19;4*2-1-3/h10-11,13-15,18,28-29,35-37,43,51-53,63,75,79-80H,8-9,12,16-17,19-27,30-34,62H2,1-7H3,(H,64,74)(H,65,76)(H,66,78)(H,72,73);5-8,12-13,27H,3-4,9-11H2,1-2H3,(H,25,33)(H,26,34)(H3,24,28,30,31,35);;;;/t36-,37+,43+,51+,52-,53-,57+,58-,59-,60+,61+;13-;;;;/m11..../s1. The van der Waals surface area contributed by atoms with E-state index in [9.17, 15) is 63.6 Å². The summed E-state index contributed by atoms with van der Waals surface area (Å²) in [5, 5.41) is 59.9. The van der Waals surface area contributed by atoms with Crippen molar-refractivity contribution in [1.82, 2.24) is 61.5 Å². The lowest BCUT2D eigenvalue weighted by Gasteiger charge is -2.63. The number of carboxylic acids is 1. The fourth-order valence-corrected chi connectivity index (χ4v) is 20.8. The number of Topliss-reactive ketones (excluding diaryl/α,β-unsaturated/α-hetero) is 3. The van der Waals surface area contributed by atoms with Gasteiger partial charge < -0.3 is 77.3 Å². The van der Waals surface area contributed by atoms with E-state index in [2.05, 4.69) is 72.9 Å². The number of aromatic amines is 2. The van der Waals surface area contributed by atoms with Crippen molar-refractivity contribution in [3.05, 3.63) is 123 Å². The third-order valence-corrected chi connectivity index (χ3v) is 27.1. The van der Waals surface area contributed by atoms with E-state index in [0.717, 1.165) is 27.7 Å². The van der Waals surface area contributed by atoms with Crippen molar-refractivity contribution in [3.63, 3.8) is 0 Å². The number of hydrazine groups is 1. The number of aliphatic hydroxyl groups is 3. The number of para-hydroxylation sites is 1. The minimum Gasteiger partial charge on any atom is -0.496 e. The molecule has 3 aromatic carbocycles. The molecule has 1 unspecified atom stereocenters. The van der Waals surface area contributed by atoms with Crippen molar-refractivity contribution in [2.45, 2.75) is 171 Å². The van der Waals surface area contributed by atoms with E-state index in [1.54, 1.807) is 66.2 Å². The Labute approximate surface area is 765 Å². The highest BCUT2D eigenvalue weighted by molar-refractivity contribution is 8.76. The number of methoxy groups -OCH3 is 2. The molecule has 0 radical (unpaired) electrons.